The van der Waals surface area contributed by atoms with Crippen LogP contribution in [0.15, 0.2) is 18.2 Å². The van der Waals surface area contributed by atoms with Gasteiger partial charge < -0.3 is 4.74 Å². The normalized spacial score (nSPS) is 10.5. The first kappa shape index (κ1) is 14.8. The Bertz CT molecular complexity index is 328. The molecule has 0 aliphatic carbocycles. The summed E-state index contributed by atoms with van der Waals surface area (Å²) in [5.41, 5.74) is 1.16. The lowest BCUT2D eigenvalue weighted by molar-refractivity contribution is 0.302. The highest BCUT2D eigenvalue weighted by Gasteiger charge is 2.03. The van der Waals surface area contributed by atoms with Gasteiger partial charge in [-0.05, 0) is 18.6 Å². The number of rotatable bonds is 8. The first-order chi connectivity index (χ1) is 8.27. The Labute approximate surface area is 118 Å². The highest BCUT2D eigenvalue weighted by molar-refractivity contribution is 9.08. The van der Waals surface area contributed by atoms with Crippen molar-refractivity contribution in [1.82, 2.24) is 0 Å². The van der Waals surface area contributed by atoms with Gasteiger partial charge in [0.25, 0.3) is 0 Å². The van der Waals surface area contributed by atoms with Crippen LogP contribution in [0.1, 0.15) is 44.6 Å². The SMILES string of the molecule is CCCCCCCOc1cc(Cl)ccc1CBr. The van der Waals surface area contributed by atoms with Crippen molar-refractivity contribution in [3.8, 4) is 5.75 Å². The zero-order valence-electron chi connectivity index (χ0n) is 10.3. The number of benzene rings is 1. The number of hydrogen-bond donors (Lipinski definition) is 0. The Balaban J connectivity index is 2.32. The molecule has 1 rings (SSSR count). The van der Waals surface area contributed by atoms with Gasteiger partial charge in [0.15, 0.2) is 0 Å². The third-order valence-electron chi connectivity index (χ3n) is 2.68. The molecular weight excluding hydrogens is 300 g/mol. The molecular formula is C14H20BrClO. The maximum absolute atomic E-state index is 5.96. The summed E-state index contributed by atoms with van der Waals surface area (Å²) in [6.45, 7) is 3.01. The Morgan fingerprint density at radius 2 is 1.94 bits per heavy atom. The third-order valence-corrected chi connectivity index (χ3v) is 3.52. The summed E-state index contributed by atoms with van der Waals surface area (Å²) >= 11 is 9.41. The number of ether oxygens (including phenoxy) is 1. The Kier molecular flexibility index (Phi) is 7.70. The van der Waals surface area contributed by atoms with Crippen LogP contribution in [0.5, 0.6) is 5.75 Å². The molecule has 3 heteroatoms. The molecule has 17 heavy (non-hydrogen) atoms. The fourth-order valence-corrected chi connectivity index (χ4v) is 2.29. The molecule has 0 aliphatic heterocycles. The van der Waals surface area contributed by atoms with Gasteiger partial charge in [-0.15, -0.1) is 0 Å². The average Bonchev–Trinajstić information content (AvgIpc) is 2.34. The number of unbranched alkanes of at least 4 members (excludes halogenated alkanes) is 4. The average molecular weight is 320 g/mol. The molecule has 1 nitrogen and oxygen atoms in total. The Morgan fingerprint density at radius 3 is 2.65 bits per heavy atom. The van der Waals surface area contributed by atoms with Crippen molar-refractivity contribution in [1.29, 1.82) is 0 Å². The van der Waals surface area contributed by atoms with E-state index in [1.807, 2.05) is 18.2 Å². The van der Waals surface area contributed by atoms with Gasteiger partial charge in [0.2, 0.25) is 0 Å². The quantitative estimate of drug-likeness (QED) is 0.448. The monoisotopic (exact) mass is 318 g/mol. The van der Waals surface area contributed by atoms with Crippen molar-refractivity contribution in [3.05, 3.63) is 28.8 Å². The predicted molar refractivity (Wildman–Crippen MR) is 78.3 cm³/mol. The summed E-state index contributed by atoms with van der Waals surface area (Å²) in [6, 6.07) is 5.79. The molecule has 0 saturated carbocycles. The van der Waals surface area contributed by atoms with Crippen LogP contribution in [-0.4, -0.2) is 6.61 Å². The number of alkyl halides is 1. The lowest BCUT2D eigenvalue weighted by Crippen LogP contribution is -1.99. The van der Waals surface area contributed by atoms with E-state index in [0.29, 0.717) is 0 Å². The van der Waals surface area contributed by atoms with Crippen LogP contribution in [0.2, 0.25) is 5.02 Å². The van der Waals surface area contributed by atoms with Crippen molar-refractivity contribution in [2.24, 2.45) is 0 Å². The third kappa shape index (κ3) is 5.78. The largest absolute Gasteiger partial charge is 0.493 e. The van der Waals surface area contributed by atoms with Crippen molar-refractivity contribution in [2.45, 2.75) is 44.4 Å². The van der Waals surface area contributed by atoms with Gasteiger partial charge >= 0.3 is 0 Å². The van der Waals surface area contributed by atoms with Crippen LogP contribution in [0, 0.1) is 0 Å². The summed E-state index contributed by atoms with van der Waals surface area (Å²) in [4.78, 5) is 0. The van der Waals surface area contributed by atoms with Gasteiger partial charge in [-0.1, -0.05) is 66.2 Å². The lowest BCUT2D eigenvalue weighted by Gasteiger charge is -2.10. The fraction of sp³-hybridized carbons (Fsp3) is 0.571. The molecule has 0 aliphatic rings. The molecule has 0 atom stereocenters. The molecule has 1 aromatic rings. The van der Waals surface area contributed by atoms with Gasteiger partial charge in [-0.25, -0.2) is 0 Å². The van der Waals surface area contributed by atoms with Crippen LogP contribution in [0.4, 0.5) is 0 Å². The summed E-state index contributed by atoms with van der Waals surface area (Å²) < 4.78 is 5.77. The van der Waals surface area contributed by atoms with Crippen molar-refractivity contribution >= 4 is 27.5 Å². The highest BCUT2D eigenvalue weighted by atomic mass is 79.9. The molecule has 0 spiro atoms. The second-order valence-electron chi connectivity index (χ2n) is 4.15. The first-order valence-electron chi connectivity index (χ1n) is 6.25. The van der Waals surface area contributed by atoms with Crippen LogP contribution in [0.25, 0.3) is 0 Å². The molecule has 0 aromatic heterocycles. The van der Waals surface area contributed by atoms with E-state index in [0.717, 1.165) is 34.7 Å². The zero-order valence-corrected chi connectivity index (χ0v) is 12.7. The van der Waals surface area contributed by atoms with Crippen LogP contribution < -0.4 is 4.74 Å². The summed E-state index contributed by atoms with van der Waals surface area (Å²) in [5, 5.41) is 1.53. The van der Waals surface area contributed by atoms with Crippen molar-refractivity contribution in [3.63, 3.8) is 0 Å². The summed E-state index contributed by atoms with van der Waals surface area (Å²) in [6.07, 6.45) is 6.28. The van der Waals surface area contributed by atoms with Crippen LogP contribution in [-0.2, 0) is 5.33 Å². The van der Waals surface area contributed by atoms with Gasteiger partial charge in [0, 0.05) is 15.9 Å². The molecule has 0 saturated heterocycles. The van der Waals surface area contributed by atoms with E-state index in [9.17, 15) is 0 Å². The van der Waals surface area contributed by atoms with E-state index in [-0.39, 0.29) is 0 Å². The molecule has 0 amide bonds. The molecule has 0 bridgehead atoms. The van der Waals surface area contributed by atoms with Gasteiger partial charge in [-0.3, -0.25) is 0 Å². The number of hydrogen-bond acceptors (Lipinski definition) is 1. The van der Waals surface area contributed by atoms with E-state index in [1.54, 1.807) is 0 Å². The Hall–Kier alpha value is -0.210. The van der Waals surface area contributed by atoms with Crippen molar-refractivity contribution in [2.75, 3.05) is 6.61 Å². The molecule has 0 fully saturated rings. The number of halogens is 2. The molecule has 0 unspecified atom stereocenters. The van der Waals surface area contributed by atoms with Crippen molar-refractivity contribution < 1.29 is 4.74 Å². The van der Waals surface area contributed by atoms with Crippen LogP contribution in [0.3, 0.4) is 0 Å². The molecule has 96 valence electrons. The second kappa shape index (κ2) is 8.82. The van der Waals surface area contributed by atoms with Gasteiger partial charge in [0.05, 0.1) is 6.61 Å². The van der Waals surface area contributed by atoms with E-state index in [2.05, 4.69) is 22.9 Å². The topological polar surface area (TPSA) is 9.23 Å². The minimum Gasteiger partial charge on any atom is -0.493 e. The van der Waals surface area contributed by atoms with E-state index >= 15 is 0 Å². The standard InChI is InChI=1S/C14H20BrClO/c1-2-3-4-5-6-9-17-14-10-13(16)8-7-12(14)11-15/h7-8,10H,2-6,9,11H2,1H3. The molecule has 1 aromatic carbocycles. The summed E-state index contributed by atoms with van der Waals surface area (Å²) in [5.74, 6) is 0.907. The Morgan fingerprint density at radius 1 is 1.18 bits per heavy atom. The van der Waals surface area contributed by atoms with E-state index < -0.39 is 0 Å². The molecule has 0 N–H and O–H groups in total. The minimum absolute atomic E-state index is 0.732. The first-order valence-corrected chi connectivity index (χ1v) is 7.75. The lowest BCUT2D eigenvalue weighted by atomic mass is 10.2. The fourth-order valence-electron chi connectivity index (χ4n) is 1.66. The maximum atomic E-state index is 5.96. The minimum atomic E-state index is 0.732. The van der Waals surface area contributed by atoms with E-state index in [4.69, 9.17) is 16.3 Å². The van der Waals surface area contributed by atoms with Gasteiger partial charge in [0.1, 0.15) is 5.75 Å². The second-order valence-corrected chi connectivity index (χ2v) is 5.15. The van der Waals surface area contributed by atoms with Crippen LogP contribution >= 0.6 is 27.5 Å². The van der Waals surface area contributed by atoms with Gasteiger partial charge in [-0.2, -0.15) is 0 Å². The maximum Gasteiger partial charge on any atom is 0.124 e. The molecule has 0 radical (unpaired) electrons. The zero-order chi connectivity index (χ0) is 12.5. The molecule has 0 heterocycles. The summed E-state index contributed by atoms with van der Waals surface area (Å²) in [7, 11) is 0. The predicted octanol–water partition coefficient (Wildman–Crippen LogP) is 5.58. The van der Waals surface area contributed by atoms with E-state index in [1.165, 1.54) is 25.7 Å². The smallest absolute Gasteiger partial charge is 0.124 e. The highest BCUT2D eigenvalue weighted by Crippen LogP contribution is 2.25.